The quantitative estimate of drug-likeness (QED) is 0.214. The summed E-state index contributed by atoms with van der Waals surface area (Å²) in [6.07, 6.45) is 1.56. The SMILES string of the molecule is COP(=O)(OC)c1[nH]nc(/C(=C\C(=O)c2ccccc2)c2ccccc2)c1-c1ccccc1. The number of aromatic amines is 1. The lowest BCUT2D eigenvalue weighted by Crippen LogP contribution is -2.12. The second kappa shape index (κ2) is 9.92. The monoisotopic (exact) mass is 458 g/mol. The lowest BCUT2D eigenvalue weighted by molar-refractivity contribution is 0.104. The zero-order valence-corrected chi connectivity index (χ0v) is 19.2. The van der Waals surface area contributed by atoms with E-state index < -0.39 is 7.60 Å². The van der Waals surface area contributed by atoms with Gasteiger partial charge in [0, 0.05) is 30.9 Å². The molecule has 166 valence electrons. The Kier molecular flexibility index (Phi) is 6.80. The van der Waals surface area contributed by atoms with Crippen LogP contribution in [0.5, 0.6) is 0 Å². The molecule has 0 spiro atoms. The second-order valence-corrected chi connectivity index (χ2v) is 9.35. The third kappa shape index (κ3) is 4.64. The first-order valence-electron chi connectivity index (χ1n) is 10.3. The first-order chi connectivity index (χ1) is 16.1. The molecule has 0 bridgehead atoms. The van der Waals surface area contributed by atoms with Gasteiger partial charge in [-0.1, -0.05) is 91.0 Å². The zero-order valence-electron chi connectivity index (χ0n) is 18.3. The highest BCUT2D eigenvalue weighted by molar-refractivity contribution is 7.62. The number of aromatic nitrogens is 2. The van der Waals surface area contributed by atoms with E-state index in [0.717, 1.165) is 11.1 Å². The van der Waals surface area contributed by atoms with Crippen molar-refractivity contribution in [3.63, 3.8) is 0 Å². The fourth-order valence-electron chi connectivity index (χ4n) is 3.58. The van der Waals surface area contributed by atoms with Crippen LogP contribution >= 0.6 is 7.60 Å². The molecule has 1 heterocycles. The van der Waals surface area contributed by atoms with Crippen molar-refractivity contribution in [2.45, 2.75) is 0 Å². The zero-order chi connectivity index (χ0) is 23.3. The summed E-state index contributed by atoms with van der Waals surface area (Å²) in [5.41, 5.74) is 3.95. The highest BCUT2D eigenvalue weighted by Crippen LogP contribution is 2.48. The molecule has 0 aliphatic heterocycles. The van der Waals surface area contributed by atoms with Crippen LogP contribution in [-0.4, -0.2) is 30.2 Å². The van der Waals surface area contributed by atoms with Gasteiger partial charge in [0.2, 0.25) is 0 Å². The van der Waals surface area contributed by atoms with Crippen LogP contribution in [0.1, 0.15) is 21.6 Å². The number of allylic oxidation sites excluding steroid dienone is 1. The van der Waals surface area contributed by atoms with Gasteiger partial charge in [0.15, 0.2) is 11.2 Å². The van der Waals surface area contributed by atoms with Crippen LogP contribution in [0.25, 0.3) is 16.7 Å². The van der Waals surface area contributed by atoms with Crippen molar-refractivity contribution in [3.05, 3.63) is 114 Å². The molecule has 1 N–H and O–H groups in total. The van der Waals surface area contributed by atoms with Gasteiger partial charge in [-0.05, 0) is 17.2 Å². The van der Waals surface area contributed by atoms with Gasteiger partial charge in [-0.15, -0.1) is 0 Å². The molecule has 0 atom stereocenters. The van der Waals surface area contributed by atoms with Crippen molar-refractivity contribution in [3.8, 4) is 11.1 Å². The van der Waals surface area contributed by atoms with Gasteiger partial charge < -0.3 is 9.05 Å². The lowest BCUT2D eigenvalue weighted by atomic mass is 9.94. The summed E-state index contributed by atoms with van der Waals surface area (Å²) < 4.78 is 23.9. The lowest BCUT2D eigenvalue weighted by Gasteiger charge is -2.15. The summed E-state index contributed by atoms with van der Waals surface area (Å²) >= 11 is 0. The summed E-state index contributed by atoms with van der Waals surface area (Å²) in [4.78, 5) is 13.1. The van der Waals surface area contributed by atoms with Crippen molar-refractivity contribution in [2.24, 2.45) is 0 Å². The summed E-state index contributed by atoms with van der Waals surface area (Å²) in [5.74, 6) is -0.167. The van der Waals surface area contributed by atoms with E-state index in [2.05, 4.69) is 10.2 Å². The van der Waals surface area contributed by atoms with E-state index in [1.54, 1.807) is 18.2 Å². The third-order valence-electron chi connectivity index (χ3n) is 5.24. The molecular formula is C26H23N2O4P. The first-order valence-corrected chi connectivity index (χ1v) is 11.8. The van der Waals surface area contributed by atoms with E-state index >= 15 is 0 Å². The van der Waals surface area contributed by atoms with E-state index in [1.807, 2.05) is 78.9 Å². The molecular weight excluding hydrogens is 435 g/mol. The smallest absolute Gasteiger partial charge is 0.308 e. The Morgan fingerprint density at radius 3 is 1.88 bits per heavy atom. The molecule has 0 radical (unpaired) electrons. The van der Waals surface area contributed by atoms with E-state index in [4.69, 9.17) is 9.05 Å². The van der Waals surface area contributed by atoms with Crippen molar-refractivity contribution in [1.29, 1.82) is 0 Å². The average Bonchev–Trinajstić information content (AvgIpc) is 3.33. The molecule has 0 aliphatic rings. The number of nitrogens with zero attached hydrogens (tertiary/aromatic N) is 1. The summed E-state index contributed by atoms with van der Waals surface area (Å²) in [5, 5.41) is 7.36. The highest BCUT2D eigenvalue weighted by Gasteiger charge is 2.34. The molecule has 7 heteroatoms. The molecule has 33 heavy (non-hydrogen) atoms. The Balaban J connectivity index is 1.98. The maximum absolute atomic E-state index is 13.4. The molecule has 1 aromatic heterocycles. The Morgan fingerprint density at radius 2 is 1.33 bits per heavy atom. The van der Waals surface area contributed by atoms with Gasteiger partial charge >= 0.3 is 7.60 Å². The number of carbonyl (C=O) groups is 1. The summed E-state index contributed by atoms with van der Waals surface area (Å²) in [6.45, 7) is 0. The summed E-state index contributed by atoms with van der Waals surface area (Å²) in [6, 6.07) is 27.9. The number of ketones is 1. The van der Waals surface area contributed by atoms with Crippen LogP contribution in [0.4, 0.5) is 0 Å². The number of nitrogens with one attached hydrogen (secondary N) is 1. The average molecular weight is 458 g/mol. The largest absolute Gasteiger partial charge is 0.379 e. The molecule has 0 unspecified atom stereocenters. The topological polar surface area (TPSA) is 81.3 Å². The maximum atomic E-state index is 13.4. The highest BCUT2D eigenvalue weighted by atomic mass is 31.2. The molecule has 4 aromatic rings. The number of carbonyl (C=O) groups excluding carboxylic acids is 1. The number of hydrogen-bond acceptors (Lipinski definition) is 5. The predicted molar refractivity (Wildman–Crippen MR) is 130 cm³/mol. The Hall–Kier alpha value is -3.57. The molecule has 0 aliphatic carbocycles. The fraction of sp³-hybridized carbons (Fsp3) is 0.0769. The molecule has 0 saturated carbocycles. The molecule has 0 saturated heterocycles. The number of H-pyrrole nitrogens is 1. The number of rotatable bonds is 8. The number of benzene rings is 3. The predicted octanol–water partition coefficient (Wildman–Crippen LogP) is 5.50. The minimum atomic E-state index is -3.67. The minimum absolute atomic E-state index is 0.167. The molecule has 0 fully saturated rings. The second-order valence-electron chi connectivity index (χ2n) is 7.18. The molecule has 6 nitrogen and oxygen atoms in total. The van der Waals surface area contributed by atoms with Crippen LogP contribution in [0.3, 0.4) is 0 Å². The van der Waals surface area contributed by atoms with Crippen LogP contribution in [0.15, 0.2) is 97.1 Å². The normalized spacial score (nSPS) is 12.0. The van der Waals surface area contributed by atoms with Crippen LogP contribution in [0, 0.1) is 0 Å². The Morgan fingerprint density at radius 1 is 0.818 bits per heavy atom. The maximum Gasteiger partial charge on any atom is 0.379 e. The van der Waals surface area contributed by atoms with Crippen LogP contribution in [0.2, 0.25) is 0 Å². The molecule has 4 rings (SSSR count). The molecule has 0 amide bonds. The third-order valence-corrected chi connectivity index (χ3v) is 7.07. The first kappa shape index (κ1) is 22.6. The van der Waals surface area contributed by atoms with Gasteiger partial charge in [-0.25, -0.2) is 0 Å². The van der Waals surface area contributed by atoms with E-state index in [-0.39, 0.29) is 11.2 Å². The van der Waals surface area contributed by atoms with E-state index in [9.17, 15) is 9.36 Å². The van der Waals surface area contributed by atoms with Gasteiger partial charge in [-0.2, -0.15) is 5.10 Å². The van der Waals surface area contributed by atoms with Crippen molar-refractivity contribution in [2.75, 3.05) is 14.2 Å². The Bertz CT molecular complexity index is 1310. The van der Waals surface area contributed by atoms with Crippen molar-refractivity contribution < 1.29 is 18.4 Å². The standard InChI is InChI=1S/C26H23N2O4P/c1-31-33(30,32-2)26-24(21-16-10-5-11-17-21)25(27-28-26)22(19-12-6-3-7-13-19)18-23(29)20-14-8-4-9-15-20/h3-18H,1-2H3,(H,27,28)/b22-18-. The van der Waals surface area contributed by atoms with Crippen molar-refractivity contribution >= 4 is 24.4 Å². The van der Waals surface area contributed by atoms with Crippen LogP contribution < -0.4 is 5.44 Å². The van der Waals surface area contributed by atoms with Gasteiger partial charge in [0.05, 0.1) is 0 Å². The van der Waals surface area contributed by atoms with E-state index in [0.29, 0.717) is 22.4 Å². The van der Waals surface area contributed by atoms with Crippen LogP contribution in [-0.2, 0) is 13.6 Å². The fourth-order valence-corrected chi connectivity index (χ4v) is 4.78. The number of hydrogen-bond donors (Lipinski definition) is 1. The van der Waals surface area contributed by atoms with E-state index in [1.165, 1.54) is 14.2 Å². The minimum Gasteiger partial charge on any atom is -0.308 e. The van der Waals surface area contributed by atoms with Crippen molar-refractivity contribution in [1.82, 2.24) is 10.2 Å². The summed E-state index contributed by atoms with van der Waals surface area (Å²) in [7, 11) is -1.02. The van der Waals surface area contributed by atoms with Gasteiger partial charge in [-0.3, -0.25) is 14.5 Å². The Labute approximate surface area is 192 Å². The van der Waals surface area contributed by atoms with Gasteiger partial charge in [0.1, 0.15) is 5.69 Å². The molecule has 3 aromatic carbocycles. The van der Waals surface area contributed by atoms with Gasteiger partial charge in [0.25, 0.3) is 0 Å².